The number of aryl methyl sites for hydroxylation is 3. The van der Waals surface area contributed by atoms with Crippen LogP contribution in [0.5, 0.6) is 0 Å². The third-order valence-electron chi connectivity index (χ3n) is 4.21. The zero-order chi connectivity index (χ0) is 19.4. The van der Waals surface area contributed by atoms with E-state index in [1.165, 1.54) is 24.0 Å². The summed E-state index contributed by atoms with van der Waals surface area (Å²) in [6.07, 6.45) is 2.91. The first-order valence-corrected chi connectivity index (χ1v) is 8.62. The summed E-state index contributed by atoms with van der Waals surface area (Å²) in [4.78, 5) is 20.6. The van der Waals surface area contributed by atoms with Crippen molar-refractivity contribution in [3.8, 4) is 0 Å². The minimum absolute atomic E-state index is 0.0922. The third kappa shape index (κ3) is 4.47. The topological polar surface area (TPSA) is 66.9 Å². The summed E-state index contributed by atoms with van der Waals surface area (Å²) in [6, 6.07) is 10.5. The van der Waals surface area contributed by atoms with Gasteiger partial charge in [0.1, 0.15) is 17.3 Å². The van der Waals surface area contributed by atoms with E-state index in [-0.39, 0.29) is 18.1 Å². The highest BCUT2D eigenvalue weighted by Gasteiger charge is 2.10. The van der Waals surface area contributed by atoms with Gasteiger partial charge in [-0.05, 0) is 38.0 Å². The molecular weight excluding hydrogens is 343 g/mol. The number of halogens is 1. The van der Waals surface area contributed by atoms with Crippen LogP contribution < -0.4 is 10.6 Å². The SMILES string of the molecule is Cc1cc(C)c(Nc2cnc(C(=O)NCc3ccccc3F)cn2)c(C)c1. The molecule has 1 amide bonds. The molecule has 27 heavy (non-hydrogen) atoms. The molecule has 0 radical (unpaired) electrons. The highest BCUT2D eigenvalue weighted by molar-refractivity contribution is 5.92. The van der Waals surface area contributed by atoms with Crippen molar-refractivity contribution in [2.75, 3.05) is 5.32 Å². The van der Waals surface area contributed by atoms with Gasteiger partial charge >= 0.3 is 0 Å². The van der Waals surface area contributed by atoms with E-state index in [9.17, 15) is 9.18 Å². The molecule has 5 nitrogen and oxygen atoms in total. The normalized spacial score (nSPS) is 10.5. The van der Waals surface area contributed by atoms with E-state index in [0.29, 0.717) is 11.4 Å². The van der Waals surface area contributed by atoms with E-state index < -0.39 is 5.91 Å². The second-order valence-corrected chi connectivity index (χ2v) is 6.46. The Bertz CT molecular complexity index is 947. The van der Waals surface area contributed by atoms with Crippen LogP contribution in [0.15, 0.2) is 48.8 Å². The number of carbonyl (C=O) groups is 1. The first-order chi connectivity index (χ1) is 12.9. The Hall–Kier alpha value is -3.28. The summed E-state index contributed by atoms with van der Waals surface area (Å²) in [7, 11) is 0. The van der Waals surface area contributed by atoms with E-state index in [4.69, 9.17) is 0 Å². The lowest BCUT2D eigenvalue weighted by Crippen LogP contribution is -2.24. The molecule has 0 bridgehead atoms. The summed E-state index contributed by atoms with van der Waals surface area (Å²) in [5.74, 6) is -0.206. The fourth-order valence-corrected chi connectivity index (χ4v) is 2.92. The van der Waals surface area contributed by atoms with Crippen LogP contribution in [0.3, 0.4) is 0 Å². The molecule has 138 valence electrons. The number of carbonyl (C=O) groups excluding carboxylic acids is 1. The monoisotopic (exact) mass is 364 g/mol. The van der Waals surface area contributed by atoms with Gasteiger partial charge < -0.3 is 10.6 Å². The largest absolute Gasteiger partial charge is 0.346 e. The maximum Gasteiger partial charge on any atom is 0.271 e. The lowest BCUT2D eigenvalue weighted by molar-refractivity contribution is 0.0945. The predicted molar refractivity (Wildman–Crippen MR) is 104 cm³/mol. The molecule has 0 aliphatic carbocycles. The van der Waals surface area contributed by atoms with E-state index in [0.717, 1.165) is 16.8 Å². The molecule has 2 N–H and O–H groups in total. The smallest absolute Gasteiger partial charge is 0.271 e. The van der Waals surface area contributed by atoms with Crippen molar-refractivity contribution in [1.29, 1.82) is 0 Å². The Morgan fingerprint density at radius 1 is 1.04 bits per heavy atom. The number of aromatic nitrogens is 2. The summed E-state index contributed by atoms with van der Waals surface area (Å²) in [5.41, 5.74) is 4.99. The van der Waals surface area contributed by atoms with Crippen LogP contribution in [0.4, 0.5) is 15.9 Å². The number of hydrogen-bond acceptors (Lipinski definition) is 4. The van der Waals surface area contributed by atoms with Crippen LogP contribution in [0.1, 0.15) is 32.7 Å². The minimum atomic E-state index is -0.403. The molecule has 6 heteroatoms. The van der Waals surface area contributed by atoms with Crippen molar-refractivity contribution in [2.45, 2.75) is 27.3 Å². The van der Waals surface area contributed by atoms with Crippen molar-refractivity contribution in [2.24, 2.45) is 0 Å². The Labute approximate surface area is 157 Å². The summed E-state index contributed by atoms with van der Waals surface area (Å²) < 4.78 is 13.6. The van der Waals surface area contributed by atoms with Gasteiger partial charge in [-0.3, -0.25) is 4.79 Å². The minimum Gasteiger partial charge on any atom is -0.346 e. The molecule has 0 saturated heterocycles. The Kier molecular flexibility index (Phi) is 5.45. The summed E-state index contributed by atoms with van der Waals surface area (Å²) in [6.45, 7) is 6.20. The number of anilines is 2. The molecule has 1 heterocycles. The lowest BCUT2D eigenvalue weighted by Gasteiger charge is -2.13. The van der Waals surface area contributed by atoms with Crippen LogP contribution in [-0.4, -0.2) is 15.9 Å². The average molecular weight is 364 g/mol. The molecule has 0 aliphatic heterocycles. The van der Waals surface area contributed by atoms with Gasteiger partial charge in [0.25, 0.3) is 5.91 Å². The Morgan fingerprint density at radius 3 is 2.37 bits per heavy atom. The number of benzene rings is 2. The zero-order valence-electron chi connectivity index (χ0n) is 15.5. The van der Waals surface area contributed by atoms with E-state index in [2.05, 4.69) is 39.7 Å². The first kappa shape index (κ1) is 18.5. The molecule has 0 unspecified atom stereocenters. The number of hydrogen-bond donors (Lipinski definition) is 2. The second kappa shape index (κ2) is 7.95. The average Bonchev–Trinajstić information content (AvgIpc) is 2.64. The number of nitrogens with zero attached hydrogens (tertiary/aromatic N) is 2. The zero-order valence-corrected chi connectivity index (χ0v) is 15.5. The van der Waals surface area contributed by atoms with Crippen molar-refractivity contribution < 1.29 is 9.18 Å². The molecule has 3 aromatic rings. The highest BCUT2D eigenvalue weighted by Crippen LogP contribution is 2.24. The number of nitrogens with one attached hydrogen (secondary N) is 2. The molecule has 0 aliphatic rings. The van der Waals surface area contributed by atoms with Gasteiger partial charge in [-0.2, -0.15) is 0 Å². The Balaban J connectivity index is 1.66. The molecule has 1 aromatic heterocycles. The van der Waals surface area contributed by atoms with Gasteiger partial charge in [0.15, 0.2) is 0 Å². The fourth-order valence-electron chi connectivity index (χ4n) is 2.92. The van der Waals surface area contributed by atoms with E-state index >= 15 is 0 Å². The van der Waals surface area contributed by atoms with Crippen molar-refractivity contribution >= 4 is 17.4 Å². The van der Waals surface area contributed by atoms with Gasteiger partial charge in [0.2, 0.25) is 0 Å². The van der Waals surface area contributed by atoms with E-state index in [1.54, 1.807) is 18.2 Å². The first-order valence-electron chi connectivity index (χ1n) is 8.62. The molecule has 0 saturated carbocycles. The maximum atomic E-state index is 13.6. The van der Waals surface area contributed by atoms with Gasteiger partial charge in [-0.25, -0.2) is 14.4 Å². The lowest BCUT2D eigenvalue weighted by atomic mass is 10.1. The number of amides is 1. The van der Waals surface area contributed by atoms with Crippen LogP contribution in [0.25, 0.3) is 0 Å². The summed E-state index contributed by atoms with van der Waals surface area (Å²) in [5, 5.41) is 5.89. The standard InChI is InChI=1S/C21H21FN4O/c1-13-8-14(2)20(15(3)9-13)26-19-12-23-18(11-24-19)21(27)25-10-16-6-4-5-7-17(16)22/h4-9,11-12H,10H2,1-3H3,(H,24,26)(H,25,27). The fraction of sp³-hybridized carbons (Fsp3) is 0.190. The van der Waals surface area contributed by atoms with Crippen molar-refractivity contribution in [1.82, 2.24) is 15.3 Å². The molecule has 2 aromatic carbocycles. The molecular formula is C21H21FN4O. The van der Waals surface area contributed by atoms with Crippen LogP contribution >= 0.6 is 0 Å². The maximum absolute atomic E-state index is 13.6. The highest BCUT2D eigenvalue weighted by atomic mass is 19.1. The van der Waals surface area contributed by atoms with Gasteiger partial charge in [-0.1, -0.05) is 35.9 Å². The Morgan fingerprint density at radius 2 is 1.74 bits per heavy atom. The quantitative estimate of drug-likeness (QED) is 0.711. The predicted octanol–water partition coefficient (Wildman–Crippen LogP) is 4.21. The van der Waals surface area contributed by atoms with Crippen LogP contribution in [0, 0.1) is 26.6 Å². The van der Waals surface area contributed by atoms with Crippen molar-refractivity contribution in [3.63, 3.8) is 0 Å². The molecule has 0 spiro atoms. The van der Waals surface area contributed by atoms with Gasteiger partial charge in [-0.15, -0.1) is 0 Å². The number of rotatable bonds is 5. The van der Waals surface area contributed by atoms with E-state index in [1.807, 2.05) is 13.8 Å². The molecule has 0 fully saturated rings. The van der Waals surface area contributed by atoms with Crippen molar-refractivity contribution in [3.05, 3.63) is 82.6 Å². The van der Waals surface area contributed by atoms with Gasteiger partial charge in [0, 0.05) is 17.8 Å². The molecule has 0 atom stereocenters. The second-order valence-electron chi connectivity index (χ2n) is 6.46. The summed E-state index contributed by atoms with van der Waals surface area (Å²) >= 11 is 0. The molecule has 3 rings (SSSR count). The third-order valence-corrected chi connectivity index (χ3v) is 4.21. The van der Waals surface area contributed by atoms with Crippen LogP contribution in [0.2, 0.25) is 0 Å². The van der Waals surface area contributed by atoms with Gasteiger partial charge in [0.05, 0.1) is 12.4 Å². The van der Waals surface area contributed by atoms with Crippen LogP contribution in [-0.2, 0) is 6.54 Å².